The van der Waals surface area contributed by atoms with Crippen molar-refractivity contribution < 1.29 is 9.59 Å². The first-order chi connectivity index (χ1) is 15.8. The van der Waals surface area contributed by atoms with Gasteiger partial charge < -0.3 is 16.0 Å². The van der Waals surface area contributed by atoms with Crippen LogP contribution < -0.4 is 32.1 Å². The number of para-hydroxylation sites is 2. The minimum atomic E-state index is -0.940. The number of aromatic nitrogens is 2. The lowest BCUT2D eigenvalue weighted by Crippen LogP contribution is -2.62. The molecular formula is C23H30N6O4. The van der Waals surface area contributed by atoms with Gasteiger partial charge in [-0.2, -0.15) is 0 Å². The number of nitrogen functional groups attached to an aromatic ring is 1. The van der Waals surface area contributed by atoms with Gasteiger partial charge in [0.05, 0.1) is 17.9 Å². The van der Waals surface area contributed by atoms with E-state index in [4.69, 9.17) is 5.73 Å². The summed E-state index contributed by atoms with van der Waals surface area (Å²) < 4.78 is 1.32. The number of benzene rings is 1. The van der Waals surface area contributed by atoms with Crippen LogP contribution in [0.3, 0.4) is 0 Å². The van der Waals surface area contributed by atoms with Crippen LogP contribution in [-0.2, 0) is 16.1 Å². The van der Waals surface area contributed by atoms with Crippen molar-refractivity contribution in [2.45, 2.75) is 57.5 Å². The predicted molar refractivity (Wildman–Crippen MR) is 128 cm³/mol. The lowest BCUT2D eigenvalue weighted by molar-refractivity contribution is -0.126. The van der Waals surface area contributed by atoms with Crippen molar-refractivity contribution in [3.63, 3.8) is 0 Å². The van der Waals surface area contributed by atoms with E-state index in [1.54, 1.807) is 24.1 Å². The van der Waals surface area contributed by atoms with Gasteiger partial charge in [0.25, 0.3) is 11.5 Å². The van der Waals surface area contributed by atoms with Crippen LogP contribution in [0.1, 0.15) is 45.4 Å². The number of fused-ring (bicyclic) bond motifs is 1. The summed E-state index contributed by atoms with van der Waals surface area (Å²) in [5, 5.41) is 2.95. The summed E-state index contributed by atoms with van der Waals surface area (Å²) in [6.07, 6.45) is 4.43. The Morgan fingerprint density at radius 1 is 1.18 bits per heavy atom. The Labute approximate surface area is 191 Å². The molecular weight excluding hydrogens is 424 g/mol. The van der Waals surface area contributed by atoms with Crippen LogP contribution >= 0.6 is 0 Å². The molecule has 2 heterocycles. The molecule has 4 N–H and O–H groups in total. The van der Waals surface area contributed by atoms with Crippen molar-refractivity contribution in [1.82, 2.24) is 9.55 Å². The third-order valence-corrected chi connectivity index (χ3v) is 6.63. The normalized spacial score (nSPS) is 16.5. The van der Waals surface area contributed by atoms with Gasteiger partial charge in [-0.05, 0) is 31.4 Å². The third-order valence-electron chi connectivity index (χ3n) is 6.63. The Morgan fingerprint density at radius 3 is 2.58 bits per heavy atom. The van der Waals surface area contributed by atoms with E-state index >= 15 is 0 Å². The van der Waals surface area contributed by atoms with Crippen LogP contribution in [0.25, 0.3) is 0 Å². The highest BCUT2D eigenvalue weighted by atomic mass is 16.2. The molecule has 0 unspecified atom stereocenters. The highest BCUT2D eigenvalue weighted by Crippen LogP contribution is 2.45. The minimum Gasteiger partial charge on any atom is -0.383 e. The average Bonchev–Trinajstić information content (AvgIpc) is 3.24. The lowest BCUT2D eigenvalue weighted by Gasteiger charge is -2.44. The number of hydrogen-bond donors (Lipinski definition) is 3. The number of hydrogen-bond acceptors (Lipinski definition) is 6. The highest BCUT2D eigenvalue weighted by molar-refractivity contribution is 6.15. The molecule has 10 heteroatoms. The number of aromatic amines is 1. The van der Waals surface area contributed by atoms with E-state index in [1.165, 1.54) is 9.47 Å². The maximum absolute atomic E-state index is 13.7. The van der Waals surface area contributed by atoms with Gasteiger partial charge in [0, 0.05) is 13.6 Å². The second-order valence-electron chi connectivity index (χ2n) is 8.79. The maximum atomic E-state index is 13.7. The van der Waals surface area contributed by atoms with E-state index < -0.39 is 16.8 Å². The number of carbonyl (C=O) groups excluding carboxylic acids is 2. The number of amides is 2. The molecule has 10 nitrogen and oxygen atoms in total. The summed E-state index contributed by atoms with van der Waals surface area (Å²) in [7, 11) is 1.59. The zero-order valence-corrected chi connectivity index (χ0v) is 19.0. The van der Waals surface area contributed by atoms with Gasteiger partial charge >= 0.3 is 5.69 Å². The fourth-order valence-electron chi connectivity index (χ4n) is 4.97. The van der Waals surface area contributed by atoms with Gasteiger partial charge in [0.15, 0.2) is 0 Å². The van der Waals surface area contributed by atoms with Crippen LogP contribution in [-0.4, -0.2) is 40.5 Å². The molecule has 1 fully saturated rings. The first kappa shape index (κ1) is 22.6. The Morgan fingerprint density at radius 2 is 1.88 bits per heavy atom. The van der Waals surface area contributed by atoms with Gasteiger partial charge in [0.2, 0.25) is 5.91 Å². The monoisotopic (exact) mass is 454 g/mol. The standard InChI is InChI=1S/C23H30N6O4/c1-3-4-13-28-19(24)18(20(31)26-22(28)33)27(2)14-17(30)29-16-10-6-5-9-15(16)25-21(32)23(29)11-7-8-12-23/h5-6,9-10H,3-4,7-8,11-14,24H2,1-2H3,(H,25,32)(H,26,31,33). The number of unbranched alkanes of at least 4 members (excludes halogenated alkanes) is 1. The predicted octanol–water partition coefficient (Wildman–Crippen LogP) is 1.65. The minimum absolute atomic E-state index is 0.0277. The molecule has 1 aliphatic heterocycles. The van der Waals surface area contributed by atoms with Crippen LogP contribution in [0.2, 0.25) is 0 Å². The molecule has 176 valence electrons. The van der Waals surface area contributed by atoms with Gasteiger partial charge in [-0.3, -0.25) is 28.8 Å². The zero-order valence-electron chi connectivity index (χ0n) is 19.0. The molecule has 2 amide bonds. The van der Waals surface area contributed by atoms with Crippen molar-refractivity contribution >= 4 is 34.7 Å². The third kappa shape index (κ3) is 3.79. The van der Waals surface area contributed by atoms with Gasteiger partial charge in [-0.25, -0.2) is 4.79 Å². The molecule has 0 bridgehead atoms. The molecule has 0 radical (unpaired) electrons. The first-order valence-electron chi connectivity index (χ1n) is 11.4. The van der Waals surface area contributed by atoms with Crippen molar-refractivity contribution in [1.29, 1.82) is 0 Å². The molecule has 2 aromatic rings. The highest BCUT2D eigenvalue weighted by Gasteiger charge is 2.52. The van der Waals surface area contributed by atoms with Crippen LogP contribution in [0, 0.1) is 0 Å². The molecule has 1 aromatic carbocycles. The number of nitrogens with zero attached hydrogens (tertiary/aromatic N) is 3. The van der Waals surface area contributed by atoms with Crippen molar-refractivity contribution in [3.05, 3.63) is 45.1 Å². The Kier molecular flexibility index (Phi) is 6.01. The van der Waals surface area contributed by atoms with Gasteiger partial charge in [-0.15, -0.1) is 0 Å². The second-order valence-corrected chi connectivity index (χ2v) is 8.79. The number of rotatable bonds is 6. The number of anilines is 4. The van der Waals surface area contributed by atoms with E-state index in [-0.39, 0.29) is 29.9 Å². The van der Waals surface area contributed by atoms with Crippen LogP contribution in [0.4, 0.5) is 22.9 Å². The molecule has 1 saturated carbocycles. The zero-order chi connectivity index (χ0) is 23.8. The summed E-state index contributed by atoms with van der Waals surface area (Å²) in [5.41, 5.74) is 5.35. The Balaban J connectivity index is 1.70. The van der Waals surface area contributed by atoms with Crippen LogP contribution in [0.5, 0.6) is 0 Å². The lowest BCUT2D eigenvalue weighted by atomic mass is 9.89. The fraction of sp³-hybridized carbons (Fsp3) is 0.478. The van der Waals surface area contributed by atoms with E-state index in [1.807, 2.05) is 19.1 Å². The number of nitrogens with one attached hydrogen (secondary N) is 2. The topological polar surface area (TPSA) is 134 Å². The molecule has 1 aromatic heterocycles. The van der Waals surface area contributed by atoms with Crippen molar-refractivity contribution in [2.24, 2.45) is 0 Å². The SMILES string of the molecule is CCCCn1c(N)c(N(C)CC(=O)N2c3ccccc3NC(=O)C23CCCC3)c(=O)[nH]c1=O. The second kappa shape index (κ2) is 8.76. The largest absolute Gasteiger partial charge is 0.383 e. The van der Waals surface area contributed by atoms with E-state index in [0.717, 1.165) is 25.7 Å². The summed E-state index contributed by atoms with van der Waals surface area (Å²) in [6.45, 7) is 2.18. The van der Waals surface area contributed by atoms with Gasteiger partial charge in [-0.1, -0.05) is 38.3 Å². The van der Waals surface area contributed by atoms with Crippen LogP contribution in [0.15, 0.2) is 33.9 Å². The Hall–Kier alpha value is -3.56. The molecule has 1 aliphatic carbocycles. The molecule has 0 atom stereocenters. The van der Waals surface area contributed by atoms with Crippen molar-refractivity contribution in [3.8, 4) is 0 Å². The quantitative estimate of drug-likeness (QED) is 0.608. The van der Waals surface area contributed by atoms with E-state index in [2.05, 4.69) is 10.3 Å². The smallest absolute Gasteiger partial charge is 0.330 e. The van der Waals surface area contributed by atoms with Gasteiger partial charge in [0.1, 0.15) is 17.0 Å². The van der Waals surface area contributed by atoms with E-state index in [9.17, 15) is 19.2 Å². The first-order valence-corrected chi connectivity index (χ1v) is 11.4. The molecule has 33 heavy (non-hydrogen) atoms. The summed E-state index contributed by atoms with van der Waals surface area (Å²) in [6, 6.07) is 7.22. The molecule has 0 saturated heterocycles. The van der Waals surface area contributed by atoms with E-state index in [0.29, 0.717) is 30.8 Å². The van der Waals surface area contributed by atoms with Crippen molar-refractivity contribution in [2.75, 3.05) is 34.4 Å². The number of H-pyrrole nitrogens is 1. The summed E-state index contributed by atoms with van der Waals surface area (Å²) in [4.78, 5) is 57.0. The maximum Gasteiger partial charge on any atom is 0.330 e. The number of likely N-dealkylation sites (N-methyl/N-ethyl adjacent to an activating group) is 1. The fourth-order valence-corrected chi connectivity index (χ4v) is 4.97. The summed E-state index contributed by atoms with van der Waals surface area (Å²) in [5.74, 6) is -0.466. The average molecular weight is 455 g/mol. The summed E-state index contributed by atoms with van der Waals surface area (Å²) >= 11 is 0. The Bertz CT molecular complexity index is 1190. The molecule has 1 spiro atoms. The molecule has 2 aliphatic rings. The number of carbonyl (C=O) groups is 2. The number of nitrogens with two attached hydrogens (primary N) is 1. The molecule has 4 rings (SSSR count).